The Hall–Kier alpha value is -1.06. The molecular weight excluding hydrogens is 250 g/mol. The highest BCUT2D eigenvalue weighted by Crippen LogP contribution is 2.36. The Labute approximate surface area is 122 Å². The summed E-state index contributed by atoms with van der Waals surface area (Å²) in [5.41, 5.74) is 1.35. The molecule has 1 aliphatic rings. The zero-order chi connectivity index (χ0) is 14.4. The second-order valence-electron chi connectivity index (χ2n) is 5.74. The van der Waals surface area contributed by atoms with Crippen LogP contribution in [0.15, 0.2) is 24.3 Å². The van der Waals surface area contributed by atoms with Crippen LogP contribution in [0, 0.1) is 0 Å². The van der Waals surface area contributed by atoms with Crippen molar-refractivity contribution >= 4 is 0 Å². The normalized spacial score (nSPS) is 19.5. The van der Waals surface area contributed by atoms with Crippen molar-refractivity contribution in [1.82, 2.24) is 5.32 Å². The molecule has 0 radical (unpaired) electrons. The molecule has 2 rings (SSSR count). The molecule has 2 atom stereocenters. The average Bonchev–Trinajstić information content (AvgIpc) is 2.45. The maximum absolute atomic E-state index is 5.79. The lowest BCUT2D eigenvalue weighted by atomic mass is 9.87. The van der Waals surface area contributed by atoms with Crippen LogP contribution in [0.3, 0.4) is 0 Å². The van der Waals surface area contributed by atoms with Crippen molar-refractivity contribution in [3.8, 4) is 5.75 Å². The van der Waals surface area contributed by atoms with Gasteiger partial charge in [0.15, 0.2) is 0 Å². The molecular formula is C17H27NO2. The zero-order valence-corrected chi connectivity index (χ0v) is 12.9. The molecule has 1 aromatic rings. The lowest BCUT2D eigenvalue weighted by Crippen LogP contribution is -2.36. The maximum atomic E-state index is 5.79. The van der Waals surface area contributed by atoms with Crippen LogP contribution < -0.4 is 10.1 Å². The Morgan fingerprint density at radius 2 is 2.15 bits per heavy atom. The fraction of sp³-hybridized carbons (Fsp3) is 0.647. The molecule has 0 fully saturated rings. The van der Waals surface area contributed by atoms with Crippen molar-refractivity contribution < 1.29 is 9.47 Å². The smallest absolute Gasteiger partial charge is 0.122 e. The van der Waals surface area contributed by atoms with Crippen molar-refractivity contribution in [2.24, 2.45) is 0 Å². The van der Waals surface area contributed by atoms with Gasteiger partial charge in [-0.1, -0.05) is 25.1 Å². The molecule has 1 heterocycles. The molecule has 20 heavy (non-hydrogen) atoms. The number of para-hydroxylation sites is 1. The first-order valence-corrected chi connectivity index (χ1v) is 7.77. The second-order valence-corrected chi connectivity index (χ2v) is 5.74. The lowest BCUT2D eigenvalue weighted by Gasteiger charge is -2.29. The van der Waals surface area contributed by atoms with Crippen LogP contribution in [0.1, 0.15) is 45.1 Å². The van der Waals surface area contributed by atoms with Gasteiger partial charge in [-0.3, -0.25) is 0 Å². The highest BCUT2D eigenvalue weighted by Gasteiger charge is 2.24. The van der Waals surface area contributed by atoms with Gasteiger partial charge in [-0.15, -0.1) is 0 Å². The monoisotopic (exact) mass is 277 g/mol. The Balaban J connectivity index is 2.00. The number of nitrogens with one attached hydrogen (secondary N) is 1. The number of rotatable bonds is 7. The van der Waals surface area contributed by atoms with Gasteiger partial charge < -0.3 is 14.8 Å². The molecule has 1 aromatic carbocycles. The molecule has 0 spiro atoms. The number of hydrogen-bond acceptors (Lipinski definition) is 3. The van der Waals surface area contributed by atoms with E-state index >= 15 is 0 Å². The lowest BCUT2D eigenvalue weighted by molar-refractivity contribution is 0.0573. The maximum Gasteiger partial charge on any atom is 0.122 e. The molecule has 2 unspecified atom stereocenters. The second kappa shape index (κ2) is 7.65. The van der Waals surface area contributed by atoms with Crippen LogP contribution in [0.2, 0.25) is 0 Å². The van der Waals surface area contributed by atoms with E-state index in [1.54, 1.807) is 0 Å². The number of fused-ring (bicyclic) bond motifs is 1. The molecule has 1 N–H and O–H groups in total. The van der Waals surface area contributed by atoms with Gasteiger partial charge in [0.25, 0.3) is 0 Å². The number of ether oxygens (including phenoxy) is 2. The van der Waals surface area contributed by atoms with E-state index in [1.165, 1.54) is 5.56 Å². The van der Waals surface area contributed by atoms with Gasteiger partial charge in [-0.25, -0.2) is 0 Å². The Morgan fingerprint density at radius 3 is 2.90 bits per heavy atom. The van der Waals surface area contributed by atoms with Crippen molar-refractivity contribution in [2.75, 3.05) is 19.8 Å². The van der Waals surface area contributed by atoms with Crippen LogP contribution in [0.4, 0.5) is 0 Å². The summed E-state index contributed by atoms with van der Waals surface area (Å²) in [6, 6.07) is 8.84. The van der Waals surface area contributed by atoms with Gasteiger partial charge in [0, 0.05) is 6.04 Å². The molecule has 112 valence electrons. The first kappa shape index (κ1) is 15.3. The summed E-state index contributed by atoms with van der Waals surface area (Å²) in [6.07, 6.45) is 2.50. The molecule has 0 aliphatic carbocycles. The van der Waals surface area contributed by atoms with Gasteiger partial charge in [0.1, 0.15) is 5.75 Å². The van der Waals surface area contributed by atoms with E-state index < -0.39 is 0 Å². The Bertz CT molecular complexity index is 406. The third kappa shape index (κ3) is 4.22. The standard InChI is InChI=1S/C17H27NO2/c1-4-18-15(12-20-13(2)3)11-14-9-10-19-17-8-6-5-7-16(14)17/h5-8,13-15,18H,4,9-12H2,1-3H3. The summed E-state index contributed by atoms with van der Waals surface area (Å²) in [7, 11) is 0. The van der Waals surface area contributed by atoms with Crippen LogP contribution >= 0.6 is 0 Å². The molecule has 0 saturated heterocycles. The van der Waals surface area contributed by atoms with Crippen LogP contribution in [-0.4, -0.2) is 31.9 Å². The number of likely N-dealkylation sites (N-methyl/N-ethyl adjacent to an activating group) is 1. The summed E-state index contributed by atoms with van der Waals surface area (Å²) >= 11 is 0. The minimum Gasteiger partial charge on any atom is -0.493 e. The minimum atomic E-state index is 0.290. The fourth-order valence-corrected chi connectivity index (χ4v) is 2.81. The van der Waals surface area contributed by atoms with E-state index in [-0.39, 0.29) is 6.10 Å². The first-order chi connectivity index (χ1) is 9.70. The molecule has 3 heteroatoms. The molecule has 3 nitrogen and oxygen atoms in total. The van der Waals surface area contributed by atoms with Crippen LogP contribution in [0.25, 0.3) is 0 Å². The van der Waals surface area contributed by atoms with E-state index in [9.17, 15) is 0 Å². The quantitative estimate of drug-likeness (QED) is 0.829. The minimum absolute atomic E-state index is 0.290. The Morgan fingerprint density at radius 1 is 1.35 bits per heavy atom. The van der Waals surface area contributed by atoms with Gasteiger partial charge in [-0.05, 0) is 50.8 Å². The topological polar surface area (TPSA) is 30.5 Å². The third-order valence-corrected chi connectivity index (χ3v) is 3.78. The van der Waals surface area contributed by atoms with E-state index in [0.29, 0.717) is 12.0 Å². The summed E-state index contributed by atoms with van der Waals surface area (Å²) in [5.74, 6) is 1.63. The predicted molar refractivity (Wildman–Crippen MR) is 82.5 cm³/mol. The zero-order valence-electron chi connectivity index (χ0n) is 12.9. The van der Waals surface area contributed by atoms with Crippen molar-refractivity contribution in [3.63, 3.8) is 0 Å². The molecule has 0 aromatic heterocycles. The van der Waals surface area contributed by atoms with Crippen LogP contribution in [0.5, 0.6) is 5.75 Å². The van der Waals surface area contributed by atoms with E-state index in [4.69, 9.17) is 9.47 Å². The average molecular weight is 277 g/mol. The van der Waals surface area contributed by atoms with E-state index in [0.717, 1.165) is 38.3 Å². The summed E-state index contributed by atoms with van der Waals surface area (Å²) < 4.78 is 11.5. The van der Waals surface area contributed by atoms with Gasteiger partial charge in [-0.2, -0.15) is 0 Å². The largest absolute Gasteiger partial charge is 0.493 e. The SMILES string of the molecule is CCNC(COC(C)C)CC1CCOc2ccccc21. The van der Waals surface area contributed by atoms with E-state index in [1.807, 2.05) is 6.07 Å². The first-order valence-electron chi connectivity index (χ1n) is 7.77. The van der Waals surface area contributed by atoms with Gasteiger partial charge in [0.2, 0.25) is 0 Å². The number of hydrogen-bond donors (Lipinski definition) is 1. The summed E-state index contributed by atoms with van der Waals surface area (Å²) in [6.45, 7) is 8.92. The van der Waals surface area contributed by atoms with Gasteiger partial charge in [0.05, 0.1) is 19.3 Å². The van der Waals surface area contributed by atoms with Crippen molar-refractivity contribution in [3.05, 3.63) is 29.8 Å². The molecule has 0 saturated carbocycles. The van der Waals surface area contributed by atoms with E-state index in [2.05, 4.69) is 44.3 Å². The summed E-state index contributed by atoms with van der Waals surface area (Å²) in [4.78, 5) is 0. The van der Waals surface area contributed by atoms with Crippen molar-refractivity contribution in [2.45, 2.75) is 51.7 Å². The van der Waals surface area contributed by atoms with Crippen molar-refractivity contribution in [1.29, 1.82) is 0 Å². The highest BCUT2D eigenvalue weighted by molar-refractivity contribution is 5.37. The molecule has 0 amide bonds. The molecule has 0 bridgehead atoms. The summed E-state index contributed by atoms with van der Waals surface area (Å²) in [5, 5.41) is 3.55. The highest BCUT2D eigenvalue weighted by atomic mass is 16.5. The number of benzene rings is 1. The third-order valence-electron chi connectivity index (χ3n) is 3.78. The fourth-order valence-electron chi connectivity index (χ4n) is 2.81. The van der Waals surface area contributed by atoms with Crippen LogP contribution in [-0.2, 0) is 4.74 Å². The molecule has 1 aliphatic heterocycles. The van der Waals surface area contributed by atoms with Gasteiger partial charge >= 0.3 is 0 Å². The predicted octanol–water partition coefficient (Wildman–Crippen LogP) is 3.35. The Kier molecular flexibility index (Phi) is 5.86.